The molecule has 3 amide bonds. The summed E-state index contributed by atoms with van der Waals surface area (Å²) in [6.45, 7) is 4.47. The third-order valence-corrected chi connectivity index (χ3v) is 9.39. The van der Waals surface area contributed by atoms with Crippen molar-refractivity contribution < 1.29 is 19.1 Å². The van der Waals surface area contributed by atoms with Crippen LogP contribution < -0.4 is 15.5 Å². The number of rotatable bonds is 11. The number of ether oxygens (including phenoxy) is 1. The van der Waals surface area contributed by atoms with Crippen molar-refractivity contribution in [1.82, 2.24) is 10.2 Å². The van der Waals surface area contributed by atoms with Crippen LogP contribution in [0.25, 0.3) is 0 Å². The van der Waals surface area contributed by atoms with Gasteiger partial charge in [-0.15, -0.1) is 11.8 Å². The maximum absolute atomic E-state index is 14.4. The van der Waals surface area contributed by atoms with Gasteiger partial charge in [-0.05, 0) is 61.5 Å². The Balaban J connectivity index is 1.56. The maximum Gasteiger partial charge on any atom is 0.239 e. The van der Waals surface area contributed by atoms with Crippen molar-refractivity contribution in [2.45, 2.75) is 28.5 Å². The van der Waals surface area contributed by atoms with Crippen LogP contribution >= 0.6 is 35.0 Å². The molecule has 0 saturated carbocycles. The molecule has 42 heavy (non-hydrogen) atoms. The largest absolute Gasteiger partial charge is 0.379 e. The van der Waals surface area contributed by atoms with Gasteiger partial charge in [-0.25, -0.2) is 0 Å². The standard InChI is InChI=1S/C31H32Cl2N4O4S/c32-22-7-10-24(11-8-22)37-28(39)20-31(42-25-5-2-1-3-6-25,29(37)26-12-9-23(33)19-27(26)35-21-38)30(40)34-13-4-14-36-15-17-41-18-16-36/h1-3,5-12,19,21,29H,4,13-18,20H2,(H,34,40)(H,35,38). The summed E-state index contributed by atoms with van der Waals surface area (Å²) in [5.74, 6) is -0.471. The number of carbonyl (C=O) groups is 3. The fourth-order valence-corrected chi connectivity index (χ4v) is 7.24. The van der Waals surface area contributed by atoms with Gasteiger partial charge >= 0.3 is 0 Å². The molecule has 11 heteroatoms. The number of hydrogen-bond acceptors (Lipinski definition) is 6. The molecule has 3 aromatic carbocycles. The van der Waals surface area contributed by atoms with Crippen LogP contribution in [0.5, 0.6) is 0 Å². The monoisotopic (exact) mass is 626 g/mol. The fourth-order valence-electron chi connectivity index (χ4n) is 5.52. The van der Waals surface area contributed by atoms with E-state index in [0.717, 1.165) is 31.0 Å². The predicted octanol–water partition coefficient (Wildman–Crippen LogP) is 5.41. The van der Waals surface area contributed by atoms with Crippen molar-refractivity contribution in [3.05, 3.63) is 88.4 Å². The minimum absolute atomic E-state index is 0.0572. The summed E-state index contributed by atoms with van der Waals surface area (Å²) in [4.78, 5) is 44.9. The van der Waals surface area contributed by atoms with Gasteiger partial charge in [0, 0.05) is 51.5 Å². The fraction of sp³-hybridized carbons (Fsp3) is 0.323. The normalized spacial score (nSPS) is 20.9. The number of morpholine rings is 1. The van der Waals surface area contributed by atoms with E-state index in [1.165, 1.54) is 11.8 Å². The van der Waals surface area contributed by atoms with E-state index in [-0.39, 0.29) is 18.2 Å². The Morgan fingerprint density at radius 3 is 2.45 bits per heavy atom. The Morgan fingerprint density at radius 2 is 1.74 bits per heavy atom. The first-order valence-corrected chi connectivity index (χ1v) is 15.4. The van der Waals surface area contributed by atoms with Gasteiger partial charge in [0.05, 0.1) is 25.7 Å². The average Bonchev–Trinajstić information content (AvgIpc) is 3.29. The molecule has 0 spiro atoms. The lowest BCUT2D eigenvalue weighted by atomic mass is 9.90. The molecule has 0 aliphatic carbocycles. The second-order valence-corrected chi connectivity index (χ2v) is 12.5. The molecular formula is C31H32Cl2N4O4S. The second-order valence-electron chi connectivity index (χ2n) is 10.2. The van der Waals surface area contributed by atoms with Crippen molar-refractivity contribution in [3.8, 4) is 0 Å². The third-order valence-electron chi connectivity index (χ3n) is 7.48. The summed E-state index contributed by atoms with van der Waals surface area (Å²) >= 11 is 13.9. The molecule has 0 aromatic heterocycles. The summed E-state index contributed by atoms with van der Waals surface area (Å²) in [7, 11) is 0. The van der Waals surface area contributed by atoms with E-state index in [1.807, 2.05) is 30.3 Å². The minimum atomic E-state index is -1.27. The van der Waals surface area contributed by atoms with E-state index in [0.29, 0.717) is 53.2 Å². The number of carbonyl (C=O) groups excluding carboxylic acids is 3. The van der Waals surface area contributed by atoms with Gasteiger partial charge in [0.15, 0.2) is 0 Å². The highest BCUT2D eigenvalue weighted by atomic mass is 35.5. The van der Waals surface area contributed by atoms with Crippen LogP contribution in [0.2, 0.25) is 10.0 Å². The van der Waals surface area contributed by atoms with Crippen LogP contribution in [-0.4, -0.2) is 67.3 Å². The third kappa shape index (κ3) is 6.76. The van der Waals surface area contributed by atoms with Crippen molar-refractivity contribution in [3.63, 3.8) is 0 Å². The number of thioether (sulfide) groups is 1. The van der Waals surface area contributed by atoms with Gasteiger partial charge in [-0.2, -0.15) is 0 Å². The lowest BCUT2D eigenvalue weighted by molar-refractivity contribution is -0.125. The van der Waals surface area contributed by atoms with E-state index >= 15 is 0 Å². The van der Waals surface area contributed by atoms with E-state index in [9.17, 15) is 14.4 Å². The van der Waals surface area contributed by atoms with Crippen LogP contribution in [0.1, 0.15) is 24.4 Å². The van der Waals surface area contributed by atoms with Gasteiger partial charge in [0.2, 0.25) is 18.2 Å². The molecule has 8 nitrogen and oxygen atoms in total. The highest BCUT2D eigenvalue weighted by molar-refractivity contribution is 8.01. The van der Waals surface area contributed by atoms with Crippen LogP contribution in [0.3, 0.4) is 0 Å². The lowest BCUT2D eigenvalue weighted by Gasteiger charge is -2.37. The molecule has 5 rings (SSSR count). The Labute approximate surface area is 259 Å². The smallest absolute Gasteiger partial charge is 0.239 e. The van der Waals surface area contributed by atoms with Crippen LogP contribution in [-0.2, 0) is 19.1 Å². The molecule has 2 aliphatic heterocycles. The topological polar surface area (TPSA) is 91.0 Å². The van der Waals surface area contributed by atoms with Gasteiger partial charge in [-0.3, -0.25) is 19.3 Å². The van der Waals surface area contributed by atoms with E-state index < -0.39 is 10.8 Å². The second kappa shape index (κ2) is 13.9. The molecule has 2 aliphatic rings. The van der Waals surface area contributed by atoms with Gasteiger partial charge in [-0.1, -0.05) is 47.5 Å². The highest BCUT2D eigenvalue weighted by Crippen LogP contribution is 2.55. The quantitative estimate of drug-likeness (QED) is 0.218. The van der Waals surface area contributed by atoms with Crippen LogP contribution in [0.4, 0.5) is 11.4 Å². The Bertz CT molecular complexity index is 1410. The zero-order valence-electron chi connectivity index (χ0n) is 22.9. The maximum atomic E-state index is 14.4. The Hall–Kier alpha value is -3.08. The number of amides is 3. The molecular weight excluding hydrogens is 595 g/mol. The number of anilines is 2. The van der Waals surface area contributed by atoms with Gasteiger partial charge < -0.3 is 20.3 Å². The molecule has 3 aromatic rings. The highest BCUT2D eigenvalue weighted by Gasteiger charge is 2.59. The van der Waals surface area contributed by atoms with Gasteiger partial charge in [0.25, 0.3) is 0 Å². The number of halogens is 2. The van der Waals surface area contributed by atoms with E-state index in [4.69, 9.17) is 27.9 Å². The van der Waals surface area contributed by atoms with Crippen molar-refractivity contribution in [2.75, 3.05) is 49.6 Å². The molecule has 2 saturated heterocycles. The van der Waals surface area contributed by atoms with Crippen molar-refractivity contribution in [1.29, 1.82) is 0 Å². The minimum Gasteiger partial charge on any atom is -0.379 e. The molecule has 0 radical (unpaired) electrons. The van der Waals surface area contributed by atoms with Gasteiger partial charge in [0.1, 0.15) is 4.75 Å². The first-order valence-electron chi connectivity index (χ1n) is 13.8. The number of nitrogens with one attached hydrogen (secondary N) is 2. The first-order chi connectivity index (χ1) is 20.4. The predicted molar refractivity (Wildman–Crippen MR) is 167 cm³/mol. The summed E-state index contributed by atoms with van der Waals surface area (Å²) in [6.07, 6.45) is 1.27. The lowest BCUT2D eigenvalue weighted by Crippen LogP contribution is -2.49. The van der Waals surface area contributed by atoms with Crippen molar-refractivity contribution >= 4 is 64.6 Å². The van der Waals surface area contributed by atoms with E-state index in [2.05, 4.69) is 15.5 Å². The zero-order chi connectivity index (χ0) is 29.5. The molecule has 2 fully saturated rings. The number of hydrogen-bond donors (Lipinski definition) is 2. The SMILES string of the molecule is O=CNc1cc(Cl)ccc1C1N(c2ccc(Cl)cc2)C(=O)CC1(Sc1ccccc1)C(=O)NCCCN1CCOCC1. The molecule has 2 atom stereocenters. The molecule has 2 N–H and O–H groups in total. The molecule has 220 valence electrons. The Morgan fingerprint density at radius 1 is 1.02 bits per heavy atom. The van der Waals surface area contributed by atoms with Crippen LogP contribution in [0, 0.1) is 0 Å². The summed E-state index contributed by atoms with van der Waals surface area (Å²) in [6, 6.07) is 20.8. The van der Waals surface area contributed by atoms with E-state index in [1.54, 1.807) is 47.4 Å². The first kappa shape index (κ1) is 30.4. The van der Waals surface area contributed by atoms with Crippen molar-refractivity contribution in [2.24, 2.45) is 0 Å². The van der Waals surface area contributed by atoms with Crippen LogP contribution in [0.15, 0.2) is 77.7 Å². The zero-order valence-corrected chi connectivity index (χ0v) is 25.3. The number of benzene rings is 3. The molecule has 0 bridgehead atoms. The average molecular weight is 628 g/mol. The Kier molecular flexibility index (Phi) is 10.1. The summed E-state index contributed by atoms with van der Waals surface area (Å²) < 4.78 is 4.17. The number of nitrogens with zero attached hydrogens (tertiary/aromatic N) is 2. The summed E-state index contributed by atoms with van der Waals surface area (Å²) in [5, 5.41) is 6.84. The molecule has 2 heterocycles. The summed E-state index contributed by atoms with van der Waals surface area (Å²) in [5.41, 5.74) is 1.62. The molecule has 2 unspecified atom stereocenters.